The van der Waals surface area contributed by atoms with E-state index in [-0.39, 0.29) is 5.82 Å². The Hall–Kier alpha value is -2.43. The Morgan fingerprint density at radius 2 is 2.15 bits per heavy atom. The fraction of sp³-hybridized carbons (Fsp3) is 0.200. The zero-order valence-corrected chi connectivity index (χ0v) is 11.3. The number of carboxylic acids is 1. The highest BCUT2D eigenvalue weighted by molar-refractivity contribution is 5.85. The highest BCUT2D eigenvalue weighted by atomic mass is 19.1. The van der Waals surface area contributed by atoms with E-state index in [9.17, 15) is 9.18 Å². The minimum atomic E-state index is -1.06. The molecule has 4 nitrogen and oxygen atoms in total. The van der Waals surface area contributed by atoms with Crippen LogP contribution in [0, 0.1) is 19.7 Å². The average molecular weight is 274 g/mol. The smallest absolute Gasteiger partial charge is 0.328 e. The van der Waals surface area contributed by atoms with Crippen molar-refractivity contribution in [2.45, 2.75) is 20.4 Å². The predicted molar refractivity (Wildman–Crippen MR) is 73.9 cm³/mol. The van der Waals surface area contributed by atoms with Crippen LogP contribution in [0.2, 0.25) is 0 Å². The molecule has 0 radical (unpaired) electrons. The number of halogens is 1. The summed E-state index contributed by atoms with van der Waals surface area (Å²) in [5, 5.41) is 12.8. The van der Waals surface area contributed by atoms with E-state index < -0.39 is 5.97 Å². The molecule has 0 amide bonds. The van der Waals surface area contributed by atoms with Crippen LogP contribution in [0.1, 0.15) is 22.5 Å². The van der Waals surface area contributed by atoms with Crippen LogP contribution in [0.25, 0.3) is 6.08 Å². The quantitative estimate of drug-likeness (QED) is 0.872. The van der Waals surface area contributed by atoms with Crippen LogP contribution in [0.3, 0.4) is 0 Å². The number of benzene rings is 1. The van der Waals surface area contributed by atoms with Gasteiger partial charge in [0.1, 0.15) is 5.82 Å². The fourth-order valence-corrected chi connectivity index (χ4v) is 1.96. The molecule has 0 saturated carbocycles. The van der Waals surface area contributed by atoms with Gasteiger partial charge < -0.3 is 5.11 Å². The van der Waals surface area contributed by atoms with Gasteiger partial charge in [0.05, 0.1) is 12.2 Å². The molecule has 20 heavy (non-hydrogen) atoms. The summed E-state index contributed by atoms with van der Waals surface area (Å²) in [6.45, 7) is 4.16. The van der Waals surface area contributed by atoms with Crippen LogP contribution in [0.4, 0.5) is 4.39 Å². The molecule has 1 aromatic heterocycles. The van der Waals surface area contributed by atoms with Crippen LogP contribution in [-0.2, 0) is 11.3 Å². The van der Waals surface area contributed by atoms with Gasteiger partial charge >= 0.3 is 5.97 Å². The molecule has 2 rings (SSSR count). The van der Waals surface area contributed by atoms with Crippen molar-refractivity contribution in [2.75, 3.05) is 0 Å². The molecule has 5 heteroatoms. The van der Waals surface area contributed by atoms with Crippen LogP contribution in [-0.4, -0.2) is 20.9 Å². The number of rotatable bonds is 4. The van der Waals surface area contributed by atoms with E-state index in [1.165, 1.54) is 12.1 Å². The second-order valence-electron chi connectivity index (χ2n) is 4.61. The van der Waals surface area contributed by atoms with E-state index in [0.29, 0.717) is 17.7 Å². The van der Waals surface area contributed by atoms with Crippen LogP contribution >= 0.6 is 0 Å². The van der Waals surface area contributed by atoms with Gasteiger partial charge in [-0.3, -0.25) is 4.68 Å². The van der Waals surface area contributed by atoms with Gasteiger partial charge in [0.25, 0.3) is 0 Å². The maximum Gasteiger partial charge on any atom is 0.328 e. The molecule has 1 N–H and O–H groups in total. The first-order chi connectivity index (χ1) is 9.45. The minimum Gasteiger partial charge on any atom is -0.478 e. The molecule has 0 aliphatic rings. The standard InChI is InChI=1S/C15H15FN2O2/c1-10-7-11(2)18(17-10)9-13-5-3-12(8-14(13)16)4-6-15(19)20/h3-8H,9H2,1-2H3,(H,19,20). The average Bonchev–Trinajstić information content (AvgIpc) is 2.68. The zero-order valence-electron chi connectivity index (χ0n) is 11.3. The zero-order chi connectivity index (χ0) is 14.7. The molecule has 0 saturated heterocycles. The molecule has 0 aliphatic heterocycles. The van der Waals surface area contributed by atoms with Crippen molar-refractivity contribution in [3.05, 3.63) is 58.7 Å². The first-order valence-electron chi connectivity index (χ1n) is 6.16. The number of hydrogen-bond acceptors (Lipinski definition) is 2. The maximum atomic E-state index is 14.0. The summed E-state index contributed by atoms with van der Waals surface area (Å²) >= 11 is 0. The minimum absolute atomic E-state index is 0.356. The highest BCUT2D eigenvalue weighted by Crippen LogP contribution is 2.14. The molecule has 0 atom stereocenters. The normalized spacial score (nSPS) is 11.2. The third-order valence-corrected chi connectivity index (χ3v) is 2.92. The van der Waals surface area contributed by atoms with E-state index >= 15 is 0 Å². The van der Waals surface area contributed by atoms with Gasteiger partial charge in [0, 0.05) is 17.3 Å². The Bertz CT molecular complexity index is 675. The second-order valence-corrected chi connectivity index (χ2v) is 4.61. The van der Waals surface area contributed by atoms with Gasteiger partial charge in [-0.25, -0.2) is 9.18 Å². The van der Waals surface area contributed by atoms with E-state index in [1.807, 2.05) is 19.9 Å². The van der Waals surface area contributed by atoms with Crippen molar-refractivity contribution in [2.24, 2.45) is 0 Å². The van der Waals surface area contributed by atoms with Crippen LogP contribution in [0.15, 0.2) is 30.3 Å². The predicted octanol–water partition coefficient (Wildman–Crippen LogP) is 2.79. The molecule has 104 valence electrons. The Labute approximate surface area is 116 Å². The van der Waals surface area contributed by atoms with E-state index in [4.69, 9.17) is 5.11 Å². The van der Waals surface area contributed by atoms with Crippen molar-refractivity contribution in [1.29, 1.82) is 0 Å². The van der Waals surface area contributed by atoms with Gasteiger partial charge in [-0.2, -0.15) is 5.10 Å². The summed E-state index contributed by atoms with van der Waals surface area (Å²) < 4.78 is 15.7. The van der Waals surface area contributed by atoms with Crippen molar-refractivity contribution < 1.29 is 14.3 Å². The Morgan fingerprint density at radius 3 is 2.70 bits per heavy atom. The van der Waals surface area contributed by atoms with Gasteiger partial charge in [-0.1, -0.05) is 12.1 Å². The van der Waals surface area contributed by atoms with E-state index in [0.717, 1.165) is 17.5 Å². The summed E-state index contributed by atoms with van der Waals surface area (Å²) in [6.07, 6.45) is 2.34. The number of aliphatic carboxylic acids is 1. The number of carbonyl (C=O) groups is 1. The molecule has 0 aliphatic carbocycles. The SMILES string of the molecule is Cc1cc(C)n(Cc2ccc(C=CC(=O)O)cc2F)n1. The van der Waals surface area contributed by atoms with E-state index in [2.05, 4.69) is 5.10 Å². The van der Waals surface area contributed by atoms with Crippen LogP contribution in [0.5, 0.6) is 0 Å². The topological polar surface area (TPSA) is 55.1 Å². The van der Waals surface area contributed by atoms with Crippen molar-refractivity contribution >= 4 is 12.0 Å². The summed E-state index contributed by atoms with van der Waals surface area (Å²) in [4.78, 5) is 10.4. The highest BCUT2D eigenvalue weighted by Gasteiger charge is 2.07. The monoisotopic (exact) mass is 274 g/mol. The van der Waals surface area contributed by atoms with E-state index in [1.54, 1.807) is 16.8 Å². The largest absolute Gasteiger partial charge is 0.478 e. The summed E-state index contributed by atoms with van der Waals surface area (Å²) in [6, 6.07) is 6.58. The van der Waals surface area contributed by atoms with Gasteiger partial charge in [0.15, 0.2) is 0 Å². The second kappa shape index (κ2) is 5.69. The number of nitrogens with zero attached hydrogens (tertiary/aromatic N) is 2. The molecule has 0 bridgehead atoms. The van der Waals surface area contributed by atoms with Crippen molar-refractivity contribution in [3.8, 4) is 0 Å². The molecular weight excluding hydrogens is 259 g/mol. The lowest BCUT2D eigenvalue weighted by atomic mass is 10.1. The van der Waals surface area contributed by atoms with Gasteiger partial charge in [-0.15, -0.1) is 0 Å². The Balaban J connectivity index is 2.22. The first-order valence-corrected chi connectivity index (χ1v) is 6.16. The molecule has 0 unspecified atom stereocenters. The summed E-state index contributed by atoms with van der Waals surface area (Å²) in [7, 11) is 0. The lowest BCUT2D eigenvalue weighted by Gasteiger charge is -2.06. The molecule has 1 heterocycles. The Morgan fingerprint density at radius 1 is 1.40 bits per heavy atom. The fourth-order valence-electron chi connectivity index (χ4n) is 1.96. The molecule has 2 aromatic rings. The van der Waals surface area contributed by atoms with Crippen LogP contribution < -0.4 is 0 Å². The van der Waals surface area contributed by atoms with Crippen molar-refractivity contribution in [3.63, 3.8) is 0 Å². The first kappa shape index (κ1) is 14.0. The lowest BCUT2D eigenvalue weighted by Crippen LogP contribution is -2.05. The number of aryl methyl sites for hydroxylation is 2. The molecule has 1 aromatic carbocycles. The van der Waals surface area contributed by atoms with Gasteiger partial charge in [-0.05, 0) is 37.6 Å². The Kier molecular flexibility index (Phi) is 3.98. The molecule has 0 spiro atoms. The molecular formula is C15H15FN2O2. The third kappa shape index (κ3) is 3.32. The molecule has 0 fully saturated rings. The number of carboxylic acid groups (broad SMARTS) is 1. The van der Waals surface area contributed by atoms with Gasteiger partial charge in [0.2, 0.25) is 0 Å². The maximum absolute atomic E-state index is 14.0. The van der Waals surface area contributed by atoms with Crippen molar-refractivity contribution in [1.82, 2.24) is 9.78 Å². The number of aromatic nitrogens is 2. The lowest BCUT2D eigenvalue weighted by molar-refractivity contribution is -0.131. The number of hydrogen-bond donors (Lipinski definition) is 1. The third-order valence-electron chi connectivity index (χ3n) is 2.92. The summed E-state index contributed by atoms with van der Waals surface area (Å²) in [5.41, 5.74) is 2.89. The summed E-state index contributed by atoms with van der Waals surface area (Å²) in [5.74, 6) is -1.43.